The first kappa shape index (κ1) is 20.5. The highest BCUT2D eigenvalue weighted by Crippen LogP contribution is 2.24. The lowest BCUT2D eigenvalue weighted by molar-refractivity contribution is 0.244. The number of hydrogen-bond donors (Lipinski definition) is 2. The van der Waals surface area contributed by atoms with Gasteiger partial charge in [0.25, 0.3) is 0 Å². The van der Waals surface area contributed by atoms with Crippen LogP contribution in [0.1, 0.15) is 52.4 Å². The zero-order valence-corrected chi connectivity index (χ0v) is 18.4. The number of nitrogens with zero attached hydrogens (tertiary/aromatic N) is 6. The van der Waals surface area contributed by atoms with Crippen molar-refractivity contribution in [2.75, 3.05) is 5.32 Å². The SMILES string of the molecule is CC(C)CCn1cc2c(nc(NC(=O)NC3CCCCC3)n3nc(-c4ccco4)nc23)n1. The molecule has 0 aromatic carbocycles. The molecule has 10 heteroatoms. The van der Waals surface area contributed by atoms with E-state index in [0.29, 0.717) is 28.8 Å². The van der Waals surface area contributed by atoms with Crippen LogP contribution in [0.5, 0.6) is 0 Å². The fourth-order valence-electron chi connectivity index (χ4n) is 4.10. The van der Waals surface area contributed by atoms with Crippen LogP contribution >= 0.6 is 0 Å². The van der Waals surface area contributed by atoms with Gasteiger partial charge in [0, 0.05) is 18.8 Å². The topological polar surface area (TPSA) is 115 Å². The fraction of sp³-hybridized carbons (Fsp3) is 0.500. The minimum atomic E-state index is -0.292. The second-order valence-electron chi connectivity index (χ2n) is 8.83. The normalized spacial score (nSPS) is 15.1. The van der Waals surface area contributed by atoms with E-state index >= 15 is 0 Å². The standard InChI is InChI=1S/C22H28N8O2/c1-14(2)10-11-29-13-16-18(27-29)25-21(26-22(31)23-15-7-4-3-5-8-15)30-20(16)24-19(28-30)17-9-6-12-32-17/h6,9,12-15H,3-5,7-8,10-11H2,1-2H3,(H2,23,25,26,27,31). The van der Waals surface area contributed by atoms with Crippen molar-refractivity contribution in [3.63, 3.8) is 0 Å². The molecule has 4 heterocycles. The predicted octanol–water partition coefficient (Wildman–Crippen LogP) is 4.23. The molecule has 0 atom stereocenters. The number of carbonyl (C=O) groups excluding carboxylic acids is 1. The van der Waals surface area contributed by atoms with Gasteiger partial charge in [0.15, 0.2) is 17.1 Å². The summed E-state index contributed by atoms with van der Waals surface area (Å²) in [4.78, 5) is 22.0. The lowest BCUT2D eigenvalue weighted by Crippen LogP contribution is -2.39. The Morgan fingerprint density at radius 1 is 1.22 bits per heavy atom. The number of anilines is 1. The summed E-state index contributed by atoms with van der Waals surface area (Å²) in [5.74, 6) is 1.82. The zero-order valence-electron chi connectivity index (χ0n) is 18.4. The van der Waals surface area contributed by atoms with E-state index in [1.54, 1.807) is 22.9 Å². The van der Waals surface area contributed by atoms with E-state index in [4.69, 9.17) is 4.42 Å². The molecule has 0 saturated heterocycles. The van der Waals surface area contributed by atoms with Crippen molar-refractivity contribution in [3.05, 3.63) is 24.6 Å². The molecule has 1 fully saturated rings. The first-order valence-corrected chi connectivity index (χ1v) is 11.3. The van der Waals surface area contributed by atoms with E-state index in [9.17, 15) is 4.79 Å². The first-order valence-electron chi connectivity index (χ1n) is 11.3. The molecule has 10 nitrogen and oxygen atoms in total. The molecule has 1 aliphatic carbocycles. The molecule has 2 amide bonds. The Labute approximate surface area is 185 Å². The summed E-state index contributed by atoms with van der Waals surface area (Å²) in [6.07, 6.45) is 10.0. The molecule has 32 heavy (non-hydrogen) atoms. The third kappa shape index (κ3) is 4.17. The van der Waals surface area contributed by atoms with Crippen molar-refractivity contribution in [2.45, 2.75) is 65.0 Å². The molecular weight excluding hydrogens is 408 g/mol. The molecule has 0 bridgehead atoms. The Hall–Kier alpha value is -3.43. The maximum Gasteiger partial charge on any atom is 0.321 e. The van der Waals surface area contributed by atoms with Crippen molar-refractivity contribution in [2.24, 2.45) is 5.92 Å². The van der Waals surface area contributed by atoms with Gasteiger partial charge in [-0.05, 0) is 37.3 Å². The number of furan rings is 1. The summed E-state index contributed by atoms with van der Waals surface area (Å²) in [5, 5.41) is 15.9. The second-order valence-corrected chi connectivity index (χ2v) is 8.83. The van der Waals surface area contributed by atoms with Crippen LogP contribution in [0.4, 0.5) is 10.7 Å². The number of nitrogens with one attached hydrogen (secondary N) is 2. The van der Waals surface area contributed by atoms with E-state index < -0.39 is 0 Å². The van der Waals surface area contributed by atoms with Crippen molar-refractivity contribution in [1.29, 1.82) is 0 Å². The number of fused-ring (bicyclic) bond motifs is 3. The molecule has 0 aliphatic heterocycles. The van der Waals surface area contributed by atoms with E-state index in [1.807, 2.05) is 10.9 Å². The third-order valence-electron chi connectivity index (χ3n) is 5.85. The largest absolute Gasteiger partial charge is 0.461 e. The molecule has 0 radical (unpaired) electrons. The van der Waals surface area contributed by atoms with Crippen LogP contribution in [-0.4, -0.2) is 41.4 Å². The van der Waals surface area contributed by atoms with Crippen LogP contribution in [-0.2, 0) is 6.54 Å². The molecule has 2 N–H and O–H groups in total. The molecular formula is C22H28N8O2. The van der Waals surface area contributed by atoms with Crippen LogP contribution in [0, 0.1) is 5.92 Å². The number of rotatable bonds is 6. The summed E-state index contributed by atoms with van der Waals surface area (Å²) >= 11 is 0. The molecule has 1 saturated carbocycles. The van der Waals surface area contributed by atoms with Gasteiger partial charge in [-0.25, -0.2) is 9.78 Å². The summed E-state index contributed by atoms with van der Waals surface area (Å²) < 4.78 is 8.90. The summed E-state index contributed by atoms with van der Waals surface area (Å²) in [5.41, 5.74) is 1.10. The summed E-state index contributed by atoms with van der Waals surface area (Å²) in [6.45, 7) is 5.14. The number of urea groups is 1. The van der Waals surface area contributed by atoms with Crippen LogP contribution in [0.25, 0.3) is 28.3 Å². The predicted molar refractivity (Wildman–Crippen MR) is 120 cm³/mol. The maximum atomic E-state index is 12.7. The van der Waals surface area contributed by atoms with Gasteiger partial charge in [-0.2, -0.15) is 14.6 Å². The number of aryl methyl sites for hydroxylation is 1. The van der Waals surface area contributed by atoms with Gasteiger partial charge in [0.05, 0.1) is 11.6 Å². The molecule has 4 aromatic heterocycles. The highest BCUT2D eigenvalue weighted by molar-refractivity contribution is 5.93. The highest BCUT2D eigenvalue weighted by Gasteiger charge is 2.21. The zero-order chi connectivity index (χ0) is 22.1. The number of hydrogen-bond acceptors (Lipinski definition) is 6. The Kier molecular flexibility index (Phi) is 5.50. The highest BCUT2D eigenvalue weighted by atomic mass is 16.3. The van der Waals surface area contributed by atoms with Crippen LogP contribution in [0.15, 0.2) is 29.0 Å². The Morgan fingerprint density at radius 2 is 2.06 bits per heavy atom. The monoisotopic (exact) mass is 436 g/mol. The Morgan fingerprint density at radius 3 is 2.81 bits per heavy atom. The lowest BCUT2D eigenvalue weighted by atomic mass is 9.96. The smallest absolute Gasteiger partial charge is 0.321 e. The van der Waals surface area contributed by atoms with Gasteiger partial charge in [0.2, 0.25) is 11.8 Å². The van der Waals surface area contributed by atoms with E-state index in [2.05, 4.69) is 44.6 Å². The van der Waals surface area contributed by atoms with Crippen LogP contribution < -0.4 is 10.6 Å². The van der Waals surface area contributed by atoms with Gasteiger partial charge in [-0.1, -0.05) is 33.1 Å². The molecule has 0 unspecified atom stereocenters. The van der Waals surface area contributed by atoms with Crippen LogP contribution in [0.2, 0.25) is 0 Å². The van der Waals surface area contributed by atoms with Crippen LogP contribution in [0.3, 0.4) is 0 Å². The number of amides is 2. The minimum Gasteiger partial charge on any atom is -0.461 e. The molecule has 4 aromatic rings. The fourth-order valence-corrected chi connectivity index (χ4v) is 4.10. The Balaban J connectivity index is 1.51. The van der Waals surface area contributed by atoms with Crippen molar-refractivity contribution >= 4 is 28.7 Å². The molecule has 5 rings (SSSR count). The minimum absolute atomic E-state index is 0.188. The van der Waals surface area contributed by atoms with Crippen molar-refractivity contribution in [1.82, 2.24) is 34.7 Å². The second kappa shape index (κ2) is 8.60. The number of aromatic nitrogens is 6. The van der Waals surface area contributed by atoms with Crippen molar-refractivity contribution < 1.29 is 9.21 Å². The molecule has 1 aliphatic rings. The Bertz CT molecular complexity index is 1220. The molecule has 0 spiro atoms. The van der Waals surface area contributed by atoms with E-state index in [-0.39, 0.29) is 18.0 Å². The average molecular weight is 437 g/mol. The third-order valence-corrected chi connectivity index (χ3v) is 5.85. The molecule has 168 valence electrons. The van der Waals surface area contributed by atoms with Gasteiger partial charge < -0.3 is 9.73 Å². The summed E-state index contributed by atoms with van der Waals surface area (Å²) in [6, 6.07) is 3.48. The van der Waals surface area contributed by atoms with Gasteiger partial charge in [-0.15, -0.1) is 5.10 Å². The maximum absolute atomic E-state index is 12.7. The van der Waals surface area contributed by atoms with E-state index in [0.717, 1.165) is 44.0 Å². The van der Waals surface area contributed by atoms with Gasteiger partial charge in [0.1, 0.15) is 0 Å². The summed E-state index contributed by atoms with van der Waals surface area (Å²) in [7, 11) is 0. The van der Waals surface area contributed by atoms with Gasteiger partial charge >= 0.3 is 6.03 Å². The first-order chi connectivity index (χ1) is 15.6. The van der Waals surface area contributed by atoms with Gasteiger partial charge in [-0.3, -0.25) is 10.00 Å². The van der Waals surface area contributed by atoms with Crippen molar-refractivity contribution in [3.8, 4) is 11.6 Å². The lowest BCUT2D eigenvalue weighted by Gasteiger charge is -2.22. The average Bonchev–Trinajstić information content (AvgIpc) is 3.51. The van der Waals surface area contributed by atoms with E-state index in [1.165, 1.54) is 6.42 Å². The number of carbonyl (C=O) groups is 1. The quantitative estimate of drug-likeness (QED) is 0.467.